The van der Waals surface area contributed by atoms with Crippen molar-refractivity contribution in [3.8, 4) is 17.0 Å². The first kappa shape index (κ1) is 16.3. The Bertz CT molecular complexity index is 702. The van der Waals surface area contributed by atoms with E-state index in [9.17, 15) is 4.79 Å². The van der Waals surface area contributed by atoms with Gasteiger partial charge in [0, 0.05) is 18.2 Å². The highest BCUT2D eigenvalue weighted by atomic mass is 16.5. The van der Waals surface area contributed by atoms with Crippen LogP contribution in [0.15, 0.2) is 35.1 Å². The Hall–Kier alpha value is -2.07. The van der Waals surface area contributed by atoms with Gasteiger partial charge in [-0.1, -0.05) is 6.92 Å². The van der Waals surface area contributed by atoms with E-state index in [0.717, 1.165) is 29.0 Å². The molecule has 4 nitrogen and oxygen atoms in total. The molecule has 2 rings (SSSR count). The van der Waals surface area contributed by atoms with Crippen molar-refractivity contribution in [1.82, 2.24) is 4.57 Å². The number of benzene rings is 1. The molecule has 118 valence electrons. The van der Waals surface area contributed by atoms with Crippen molar-refractivity contribution in [2.45, 2.75) is 39.8 Å². The molecule has 2 N–H and O–H groups in total. The van der Waals surface area contributed by atoms with E-state index in [1.54, 1.807) is 7.11 Å². The molecule has 2 aromatic rings. The maximum absolute atomic E-state index is 12.8. The Balaban J connectivity index is 2.70. The van der Waals surface area contributed by atoms with Gasteiger partial charge in [0.1, 0.15) is 5.75 Å². The Morgan fingerprint density at radius 3 is 2.41 bits per heavy atom. The van der Waals surface area contributed by atoms with Crippen LogP contribution < -0.4 is 16.0 Å². The molecule has 22 heavy (non-hydrogen) atoms. The van der Waals surface area contributed by atoms with E-state index in [-0.39, 0.29) is 18.1 Å². The van der Waals surface area contributed by atoms with Gasteiger partial charge >= 0.3 is 0 Å². The SMILES string of the molecule is CCC(C)n1c(-c2ccc(OC)cc2)cc(C)c(CN)c1=O. The maximum atomic E-state index is 12.8. The predicted octanol–water partition coefficient (Wildman–Crippen LogP) is 3.26. The average Bonchev–Trinajstić information content (AvgIpc) is 2.54. The van der Waals surface area contributed by atoms with Crippen molar-refractivity contribution in [3.05, 3.63) is 51.8 Å². The highest BCUT2D eigenvalue weighted by molar-refractivity contribution is 5.62. The van der Waals surface area contributed by atoms with Crippen LogP contribution in [0.2, 0.25) is 0 Å². The molecule has 0 aliphatic carbocycles. The van der Waals surface area contributed by atoms with Crippen LogP contribution in [-0.2, 0) is 6.54 Å². The van der Waals surface area contributed by atoms with Gasteiger partial charge in [-0.15, -0.1) is 0 Å². The summed E-state index contributed by atoms with van der Waals surface area (Å²) in [4.78, 5) is 12.8. The largest absolute Gasteiger partial charge is 0.497 e. The molecule has 0 radical (unpaired) electrons. The number of ether oxygens (including phenoxy) is 1. The topological polar surface area (TPSA) is 57.2 Å². The van der Waals surface area contributed by atoms with Crippen molar-refractivity contribution in [2.24, 2.45) is 5.73 Å². The van der Waals surface area contributed by atoms with Crippen LogP contribution in [0.1, 0.15) is 37.4 Å². The zero-order valence-electron chi connectivity index (χ0n) is 13.7. The van der Waals surface area contributed by atoms with Crippen LogP contribution in [0.3, 0.4) is 0 Å². The fourth-order valence-electron chi connectivity index (χ4n) is 2.64. The third-order valence-electron chi connectivity index (χ3n) is 4.19. The Labute approximate surface area is 131 Å². The van der Waals surface area contributed by atoms with Gasteiger partial charge < -0.3 is 15.0 Å². The highest BCUT2D eigenvalue weighted by Gasteiger charge is 2.16. The smallest absolute Gasteiger partial charge is 0.256 e. The molecular weight excluding hydrogens is 276 g/mol. The quantitative estimate of drug-likeness (QED) is 0.922. The number of hydrogen-bond donors (Lipinski definition) is 1. The van der Waals surface area contributed by atoms with Crippen LogP contribution in [-0.4, -0.2) is 11.7 Å². The van der Waals surface area contributed by atoms with Gasteiger partial charge in [-0.2, -0.15) is 0 Å². The van der Waals surface area contributed by atoms with Gasteiger partial charge in [0.2, 0.25) is 0 Å². The van der Waals surface area contributed by atoms with Crippen LogP contribution in [0.5, 0.6) is 5.75 Å². The average molecular weight is 300 g/mol. The van der Waals surface area contributed by atoms with Gasteiger partial charge in [-0.3, -0.25) is 4.79 Å². The molecule has 1 aromatic carbocycles. The summed E-state index contributed by atoms with van der Waals surface area (Å²) < 4.78 is 7.06. The fraction of sp³-hybridized carbons (Fsp3) is 0.389. The van der Waals surface area contributed by atoms with E-state index < -0.39 is 0 Å². The zero-order chi connectivity index (χ0) is 16.3. The number of nitrogens with two attached hydrogens (primary N) is 1. The molecule has 0 bridgehead atoms. The molecule has 0 saturated heterocycles. The van der Waals surface area contributed by atoms with Crippen LogP contribution in [0.4, 0.5) is 0 Å². The molecular formula is C18H24N2O2. The molecule has 0 saturated carbocycles. The first-order chi connectivity index (χ1) is 10.5. The molecule has 0 amide bonds. The second kappa shape index (κ2) is 6.79. The monoisotopic (exact) mass is 300 g/mol. The van der Waals surface area contributed by atoms with Crippen molar-refractivity contribution in [3.63, 3.8) is 0 Å². The first-order valence-corrected chi connectivity index (χ1v) is 7.63. The first-order valence-electron chi connectivity index (χ1n) is 7.63. The standard InChI is InChI=1S/C18H24N2O2/c1-5-13(3)20-17(10-12(2)16(11-19)18(20)21)14-6-8-15(22-4)9-7-14/h6-10,13H,5,11,19H2,1-4H3. The van der Waals surface area contributed by atoms with Crippen LogP contribution in [0, 0.1) is 6.92 Å². The summed E-state index contributed by atoms with van der Waals surface area (Å²) in [6, 6.07) is 9.95. The maximum Gasteiger partial charge on any atom is 0.256 e. The summed E-state index contributed by atoms with van der Waals surface area (Å²) in [5.74, 6) is 0.802. The molecule has 0 fully saturated rings. The molecule has 1 heterocycles. The lowest BCUT2D eigenvalue weighted by atomic mass is 10.0. The van der Waals surface area contributed by atoms with E-state index in [4.69, 9.17) is 10.5 Å². The van der Waals surface area contributed by atoms with Crippen molar-refractivity contribution in [2.75, 3.05) is 7.11 Å². The lowest BCUT2D eigenvalue weighted by molar-refractivity contribution is 0.415. The normalized spacial score (nSPS) is 12.2. The van der Waals surface area contributed by atoms with E-state index in [0.29, 0.717) is 5.56 Å². The molecule has 0 aliphatic rings. The van der Waals surface area contributed by atoms with Crippen molar-refractivity contribution >= 4 is 0 Å². The summed E-state index contributed by atoms with van der Waals surface area (Å²) in [6.07, 6.45) is 0.885. The van der Waals surface area contributed by atoms with Gasteiger partial charge in [0.05, 0.1) is 12.8 Å². The summed E-state index contributed by atoms with van der Waals surface area (Å²) in [5, 5.41) is 0. The summed E-state index contributed by atoms with van der Waals surface area (Å²) in [5.41, 5.74) is 9.34. The second-order valence-corrected chi connectivity index (χ2v) is 5.56. The zero-order valence-corrected chi connectivity index (χ0v) is 13.7. The molecule has 0 aliphatic heterocycles. The van der Waals surface area contributed by atoms with Crippen LogP contribution in [0.25, 0.3) is 11.3 Å². The minimum Gasteiger partial charge on any atom is -0.497 e. The number of hydrogen-bond acceptors (Lipinski definition) is 3. The van der Waals surface area contributed by atoms with E-state index >= 15 is 0 Å². The molecule has 0 spiro atoms. The summed E-state index contributed by atoms with van der Waals surface area (Å²) in [6.45, 7) is 6.35. The van der Waals surface area contributed by atoms with E-state index in [1.807, 2.05) is 35.8 Å². The third-order valence-corrected chi connectivity index (χ3v) is 4.19. The lowest BCUT2D eigenvalue weighted by Crippen LogP contribution is -2.30. The van der Waals surface area contributed by atoms with Crippen molar-refractivity contribution < 1.29 is 4.74 Å². The number of nitrogens with zero attached hydrogens (tertiary/aromatic N) is 1. The minimum absolute atomic E-state index is 0.0164. The number of methoxy groups -OCH3 is 1. The van der Waals surface area contributed by atoms with E-state index in [1.165, 1.54) is 0 Å². The molecule has 1 atom stereocenters. The predicted molar refractivity (Wildman–Crippen MR) is 90.3 cm³/mol. The summed E-state index contributed by atoms with van der Waals surface area (Å²) >= 11 is 0. The lowest BCUT2D eigenvalue weighted by Gasteiger charge is -2.21. The number of pyridine rings is 1. The minimum atomic E-state index is 0.0164. The third kappa shape index (κ3) is 2.92. The number of rotatable bonds is 5. The van der Waals surface area contributed by atoms with E-state index in [2.05, 4.69) is 19.9 Å². The molecule has 1 aromatic heterocycles. The van der Waals surface area contributed by atoms with Gasteiger partial charge in [-0.05, 0) is 61.7 Å². The summed E-state index contributed by atoms with van der Waals surface area (Å²) in [7, 11) is 1.64. The molecule has 4 heteroatoms. The Morgan fingerprint density at radius 1 is 1.27 bits per heavy atom. The van der Waals surface area contributed by atoms with Gasteiger partial charge in [0.25, 0.3) is 5.56 Å². The number of aromatic nitrogens is 1. The van der Waals surface area contributed by atoms with Crippen LogP contribution >= 0.6 is 0 Å². The number of aryl methyl sites for hydroxylation is 1. The molecule has 1 unspecified atom stereocenters. The van der Waals surface area contributed by atoms with Gasteiger partial charge in [-0.25, -0.2) is 0 Å². The highest BCUT2D eigenvalue weighted by Crippen LogP contribution is 2.26. The Morgan fingerprint density at radius 2 is 1.91 bits per heavy atom. The fourth-order valence-corrected chi connectivity index (χ4v) is 2.64. The van der Waals surface area contributed by atoms with Gasteiger partial charge in [0.15, 0.2) is 0 Å². The Kier molecular flexibility index (Phi) is 5.03. The second-order valence-electron chi connectivity index (χ2n) is 5.56. The van der Waals surface area contributed by atoms with Crippen molar-refractivity contribution in [1.29, 1.82) is 0 Å².